The van der Waals surface area contributed by atoms with Gasteiger partial charge >= 0.3 is 0 Å². The van der Waals surface area contributed by atoms with E-state index in [9.17, 15) is 13.6 Å². The second kappa shape index (κ2) is 5.95. The number of aromatic nitrogens is 1. The Bertz CT molecular complexity index is 520. The van der Waals surface area contributed by atoms with Gasteiger partial charge in [-0.15, -0.1) is 0 Å². The second-order valence-corrected chi connectivity index (χ2v) is 6.21. The van der Waals surface area contributed by atoms with E-state index in [0.717, 1.165) is 6.42 Å². The molecular formula is C15H20F2N2O2. The predicted molar refractivity (Wildman–Crippen MR) is 74.6 cm³/mol. The highest BCUT2D eigenvalue weighted by Gasteiger charge is 2.38. The minimum atomic E-state index is -2.60. The van der Waals surface area contributed by atoms with Gasteiger partial charge < -0.3 is 9.64 Å². The van der Waals surface area contributed by atoms with Crippen molar-refractivity contribution < 1.29 is 18.3 Å². The standard InChI is InChI=1S/C15H20F2N2O2/c1-10-7-15(2,3)9-19(10)14(20)11-5-4-6-18-13(11)21-8-12(16)17/h4-6,10,12H,7-9H2,1-3H3. The number of pyridine rings is 1. The van der Waals surface area contributed by atoms with Crippen molar-refractivity contribution in [3.8, 4) is 5.88 Å². The first-order valence-electron chi connectivity index (χ1n) is 6.97. The molecule has 0 aromatic carbocycles. The van der Waals surface area contributed by atoms with Crippen LogP contribution in [0.3, 0.4) is 0 Å². The Kier molecular flexibility index (Phi) is 4.44. The second-order valence-electron chi connectivity index (χ2n) is 6.21. The molecule has 6 heteroatoms. The van der Waals surface area contributed by atoms with Crippen molar-refractivity contribution in [3.05, 3.63) is 23.9 Å². The van der Waals surface area contributed by atoms with Crippen molar-refractivity contribution in [2.45, 2.75) is 39.7 Å². The zero-order valence-corrected chi connectivity index (χ0v) is 12.5. The lowest BCUT2D eigenvalue weighted by Gasteiger charge is -2.23. The van der Waals surface area contributed by atoms with E-state index >= 15 is 0 Å². The average Bonchev–Trinajstić information content (AvgIpc) is 2.69. The topological polar surface area (TPSA) is 42.4 Å². The van der Waals surface area contributed by atoms with E-state index in [4.69, 9.17) is 4.74 Å². The van der Waals surface area contributed by atoms with Gasteiger partial charge in [-0.3, -0.25) is 4.79 Å². The number of amides is 1. The molecule has 116 valence electrons. The Balaban J connectivity index is 2.19. The number of carbonyl (C=O) groups excluding carboxylic acids is 1. The molecule has 1 saturated heterocycles. The van der Waals surface area contributed by atoms with Gasteiger partial charge in [0.2, 0.25) is 5.88 Å². The lowest BCUT2D eigenvalue weighted by molar-refractivity contribution is 0.0688. The first-order chi connectivity index (χ1) is 9.80. The SMILES string of the molecule is CC1CC(C)(C)CN1C(=O)c1cccnc1OCC(F)F. The number of hydrogen-bond acceptors (Lipinski definition) is 3. The molecule has 1 aliphatic heterocycles. The molecule has 1 fully saturated rings. The molecule has 0 aliphatic carbocycles. The van der Waals surface area contributed by atoms with Crippen LogP contribution in [0.1, 0.15) is 37.6 Å². The first kappa shape index (κ1) is 15.7. The summed E-state index contributed by atoms with van der Waals surface area (Å²) in [5, 5.41) is 0. The molecule has 0 N–H and O–H groups in total. The van der Waals surface area contributed by atoms with E-state index in [1.165, 1.54) is 6.20 Å². The number of alkyl halides is 2. The van der Waals surface area contributed by atoms with Crippen LogP contribution in [0.25, 0.3) is 0 Å². The number of ether oxygens (including phenoxy) is 1. The van der Waals surface area contributed by atoms with Crippen LogP contribution in [-0.4, -0.2) is 41.4 Å². The molecule has 1 aromatic heterocycles. The third-order valence-corrected chi connectivity index (χ3v) is 3.59. The lowest BCUT2D eigenvalue weighted by Crippen LogP contribution is -2.35. The van der Waals surface area contributed by atoms with Crippen LogP contribution in [0, 0.1) is 5.41 Å². The van der Waals surface area contributed by atoms with Gasteiger partial charge in [0.25, 0.3) is 12.3 Å². The van der Waals surface area contributed by atoms with Gasteiger partial charge in [-0.25, -0.2) is 13.8 Å². The number of likely N-dealkylation sites (tertiary alicyclic amines) is 1. The fraction of sp³-hybridized carbons (Fsp3) is 0.600. The van der Waals surface area contributed by atoms with E-state index in [2.05, 4.69) is 18.8 Å². The third-order valence-electron chi connectivity index (χ3n) is 3.59. The predicted octanol–water partition coefficient (Wildman–Crippen LogP) is 2.99. The maximum atomic E-state index is 12.6. The van der Waals surface area contributed by atoms with Crippen LogP contribution in [0.2, 0.25) is 0 Å². The number of hydrogen-bond donors (Lipinski definition) is 0. The summed E-state index contributed by atoms with van der Waals surface area (Å²) < 4.78 is 29.5. The molecular weight excluding hydrogens is 278 g/mol. The summed E-state index contributed by atoms with van der Waals surface area (Å²) in [5.41, 5.74) is 0.295. The molecule has 1 aliphatic rings. The van der Waals surface area contributed by atoms with Crippen LogP contribution in [0.15, 0.2) is 18.3 Å². The summed E-state index contributed by atoms with van der Waals surface area (Å²) in [6.45, 7) is 6.07. The van der Waals surface area contributed by atoms with E-state index in [0.29, 0.717) is 6.54 Å². The summed E-state index contributed by atoms with van der Waals surface area (Å²) >= 11 is 0. The van der Waals surface area contributed by atoms with Crippen LogP contribution in [-0.2, 0) is 0 Å². The number of nitrogens with zero attached hydrogens (tertiary/aromatic N) is 2. The minimum Gasteiger partial charge on any atom is -0.471 e. The Morgan fingerprint density at radius 1 is 1.57 bits per heavy atom. The molecule has 1 unspecified atom stereocenters. The summed E-state index contributed by atoms with van der Waals surface area (Å²) in [5.74, 6) is -0.245. The van der Waals surface area contributed by atoms with Crippen molar-refractivity contribution in [1.29, 1.82) is 0 Å². The summed E-state index contributed by atoms with van der Waals surface area (Å²) in [7, 11) is 0. The Labute approximate surface area is 123 Å². The average molecular weight is 298 g/mol. The zero-order chi connectivity index (χ0) is 15.6. The monoisotopic (exact) mass is 298 g/mol. The molecule has 1 aromatic rings. The van der Waals surface area contributed by atoms with Crippen molar-refractivity contribution in [1.82, 2.24) is 9.88 Å². The molecule has 21 heavy (non-hydrogen) atoms. The lowest BCUT2D eigenvalue weighted by atomic mass is 9.91. The van der Waals surface area contributed by atoms with Gasteiger partial charge in [0, 0.05) is 18.8 Å². The highest BCUT2D eigenvalue weighted by Crippen LogP contribution is 2.35. The Hall–Kier alpha value is -1.72. The molecule has 0 radical (unpaired) electrons. The van der Waals surface area contributed by atoms with Crippen LogP contribution in [0.5, 0.6) is 5.88 Å². The highest BCUT2D eigenvalue weighted by atomic mass is 19.3. The Morgan fingerprint density at radius 2 is 2.29 bits per heavy atom. The molecule has 4 nitrogen and oxygen atoms in total. The normalized spacial score (nSPS) is 20.9. The Morgan fingerprint density at radius 3 is 2.86 bits per heavy atom. The highest BCUT2D eigenvalue weighted by molar-refractivity contribution is 5.96. The van der Waals surface area contributed by atoms with Crippen molar-refractivity contribution in [2.24, 2.45) is 5.41 Å². The van der Waals surface area contributed by atoms with Crippen molar-refractivity contribution in [3.63, 3.8) is 0 Å². The molecule has 0 bridgehead atoms. The van der Waals surface area contributed by atoms with Gasteiger partial charge in [0.1, 0.15) is 5.56 Å². The summed E-state index contributed by atoms with van der Waals surface area (Å²) in [4.78, 5) is 18.3. The van der Waals surface area contributed by atoms with Crippen molar-refractivity contribution >= 4 is 5.91 Å². The van der Waals surface area contributed by atoms with Gasteiger partial charge in [-0.05, 0) is 30.9 Å². The van der Waals surface area contributed by atoms with E-state index in [1.54, 1.807) is 17.0 Å². The van der Waals surface area contributed by atoms with Gasteiger partial charge in [-0.1, -0.05) is 13.8 Å². The number of halogens is 2. The molecule has 2 rings (SSSR count). The van der Waals surface area contributed by atoms with E-state index in [1.807, 2.05) is 6.92 Å². The fourth-order valence-corrected chi connectivity index (χ4v) is 2.83. The largest absolute Gasteiger partial charge is 0.471 e. The number of rotatable bonds is 4. The van der Waals surface area contributed by atoms with Crippen molar-refractivity contribution in [2.75, 3.05) is 13.2 Å². The molecule has 1 atom stereocenters. The first-order valence-corrected chi connectivity index (χ1v) is 6.97. The molecule has 2 heterocycles. The maximum Gasteiger partial charge on any atom is 0.272 e. The fourth-order valence-electron chi connectivity index (χ4n) is 2.83. The van der Waals surface area contributed by atoms with E-state index < -0.39 is 13.0 Å². The van der Waals surface area contributed by atoms with Crippen LogP contribution < -0.4 is 4.74 Å². The molecule has 0 saturated carbocycles. The van der Waals surface area contributed by atoms with Crippen LogP contribution >= 0.6 is 0 Å². The van der Waals surface area contributed by atoms with Crippen LogP contribution in [0.4, 0.5) is 8.78 Å². The quantitative estimate of drug-likeness (QED) is 0.858. The summed E-state index contributed by atoms with van der Waals surface area (Å²) in [6.07, 6.45) is -0.263. The zero-order valence-electron chi connectivity index (χ0n) is 12.5. The third kappa shape index (κ3) is 3.68. The molecule has 0 spiro atoms. The minimum absolute atomic E-state index is 0.0280. The van der Waals surface area contributed by atoms with Gasteiger partial charge in [0.05, 0.1) is 0 Å². The van der Waals surface area contributed by atoms with E-state index in [-0.39, 0.29) is 28.8 Å². The summed E-state index contributed by atoms with van der Waals surface area (Å²) in [6, 6.07) is 3.28. The maximum absolute atomic E-state index is 12.6. The molecule has 1 amide bonds. The smallest absolute Gasteiger partial charge is 0.272 e. The van der Waals surface area contributed by atoms with Gasteiger partial charge in [0.15, 0.2) is 6.61 Å². The van der Waals surface area contributed by atoms with Gasteiger partial charge in [-0.2, -0.15) is 0 Å². The number of carbonyl (C=O) groups is 1.